The highest BCUT2D eigenvalue weighted by molar-refractivity contribution is 5.92. The zero-order chi connectivity index (χ0) is 26.7. The van der Waals surface area contributed by atoms with Gasteiger partial charge in [-0.15, -0.1) is 10.2 Å². The van der Waals surface area contributed by atoms with Gasteiger partial charge in [0.05, 0.1) is 5.56 Å². The van der Waals surface area contributed by atoms with E-state index in [9.17, 15) is 19.9 Å². The molecule has 10 heteroatoms. The predicted molar refractivity (Wildman–Crippen MR) is 138 cm³/mol. The van der Waals surface area contributed by atoms with Crippen LogP contribution in [0.4, 0.5) is 0 Å². The highest BCUT2D eigenvalue weighted by atomic mass is 16.5. The number of benzene rings is 3. The van der Waals surface area contributed by atoms with Crippen LogP contribution in [0.1, 0.15) is 60.9 Å². The van der Waals surface area contributed by atoms with Gasteiger partial charge in [-0.05, 0) is 72.5 Å². The fourth-order valence-electron chi connectivity index (χ4n) is 3.97. The number of nitrogens with two attached hydrogens (primary N) is 1. The van der Waals surface area contributed by atoms with Gasteiger partial charge in [0.25, 0.3) is 0 Å². The molecule has 1 amide bonds. The Morgan fingerprint density at radius 2 is 1.62 bits per heavy atom. The van der Waals surface area contributed by atoms with Crippen LogP contribution in [0, 0.1) is 4.91 Å². The number of carbonyl (C=O) groups excluding carboxylic acids is 1. The summed E-state index contributed by atoms with van der Waals surface area (Å²) in [4.78, 5) is 22.9. The largest absolute Gasteiger partial charge is 0.508 e. The number of carbonyl (C=O) groups is 1. The van der Waals surface area contributed by atoms with E-state index in [4.69, 9.17) is 10.5 Å². The third-order valence-corrected chi connectivity index (χ3v) is 5.98. The average molecular weight is 502 g/mol. The Kier molecular flexibility index (Phi) is 7.19. The van der Waals surface area contributed by atoms with E-state index in [-0.39, 0.29) is 17.4 Å². The van der Waals surface area contributed by atoms with Crippen molar-refractivity contribution in [1.82, 2.24) is 14.8 Å². The van der Waals surface area contributed by atoms with E-state index in [1.54, 1.807) is 59.2 Å². The van der Waals surface area contributed by atoms with Gasteiger partial charge in [-0.25, -0.2) is 0 Å². The third-order valence-electron chi connectivity index (χ3n) is 5.98. The molecule has 0 radical (unpaired) electrons. The standard InChI is InChI=1S/C27H27N5O5/c1-4-22(31-36)27-30-29-26(21-13-20(15(2)3)23(33)14-24(21)34)32(27)17-7-11-19(12-8-17)37-18-9-5-16(6-10-18)25(28)35/h5-15,22,33-34H,4H2,1-3H3,(H2,28,35). The summed E-state index contributed by atoms with van der Waals surface area (Å²) in [5.41, 5.74) is 7.27. The van der Waals surface area contributed by atoms with Crippen LogP contribution in [0.3, 0.4) is 0 Å². The molecular formula is C27H27N5O5. The van der Waals surface area contributed by atoms with Crippen molar-refractivity contribution < 1.29 is 19.7 Å². The van der Waals surface area contributed by atoms with Crippen molar-refractivity contribution >= 4 is 5.91 Å². The number of phenols is 2. The molecule has 0 spiro atoms. The molecule has 0 fully saturated rings. The Labute approximate surface area is 213 Å². The maximum absolute atomic E-state index is 11.6. The number of hydrogen-bond donors (Lipinski definition) is 3. The highest BCUT2D eigenvalue weighted by Gasteiger charge is 2.25. The fourth-order valence-corrected chi connectivity index (χ4v) is 3.97. The molecule has 0 aliphatic carbocycles. The lowest BCUT2D eigenvalue weighted by Crippen LogP contribution is -2.10. The highest BCUT2D eigenvalue weighted by Crippen LogP contribution is 2.39. The third kappa shape index (κ3) is 5.13. The van der Waals surface area contributed by atoms with Crippen molar-refractivity contribution in [2.75, 3.05) is 0 Å². The second-order valence-corrected chi connectivity index (χ2v) is 8.81. The molecule has 4 rings (SSSR count). The quantitative estimate of drug-likeness (QED) is 0.253. The van der Waals surface area contributed by atoms with Gasteiger partial charge in [-0.2, -0.15) is 4.91 Å². The number of aromatic hydroxyl groups is 2. The minimum atomic E-state index is -0.759. The molecule has 0 bridgehead atoms. The van der Waals surface area contributed by atoms with Crippen LogP contribution in [0.2, 0.25) is 0 Å². The van der Waals surface area contributed by atoms with Gasteiger partial charge in [0.2, 0.25) is 5.91 Å². The first kappa shape index (κ1) is 25.4. The summed E-state index contributed by atoms with van der Waals surface area (Å²) >= 11 is 0. The molecule has 37 heavy (non-hydrogen) atoms. The lowest BCUT2D eigenvalue weighted by Gasteiger charge is -2.16. The number of nitrogens with zero attached hydrogens (tertiary/aromatic N) is 4. The molecule has 1 aromatic heterocycles. The van der Waals surface area contributed by atoms with Gasteiger partial charge in [0, 0.05) is 17.3 Å². The molecule has 190 valence electrons. The van der Waals surface area contributed by atoms with Crippen LogP contribution < -0.4 is 10.5 Å². The Morgan fingerprint density at radius 1 is 1.00 bits per heavy atom. The van der Waals surface area contributed by atoms with Gasteiger partial charge < -0.3 is 20.7 Å². The minimum Gasteiger partial charge on any atom is -0.508 e. The van der Waals surface area contributed by atoms with E-state index < -0.39 is 11.9 Å². The second-order valence-electron chi connectivity index (χ2n) is 8.81. The van der Waals surface area contributed by atoms with Crippen LogP contribution in [0.15, 0.2) is 65.8 Å². The minimum absolute atomic E-state index is 0.0105. The lowest BCUT2D eigenvalue weighted by molar-refractivity contribution is 0.1000. The summed E-state index contributed by atoms with van der Waals surface area (Å²) in [6, 6.07) is 15.6. The second kappa shape index (κ2) is 10.5. The molecule has 0 aliphatic heterocycles. The van der Waals surface area contributed by atoms with E-state index in [1.807, 2.05) is 20.8 Å². The van der Waals surface area contributed by atoms with Gasteiger partial charge in [0.15, 0.2) is 17.7 Å². The van der Waals surface area contributed by atoms with Crippen LogP contribution in [-0.4, -0.2) is 30.9 Å². The Morgan fingerprint density at radius 3 is 2.16 bits per heavy atom. The van der Waals surface area contributed by atoms with Crippen molar-refractivity contribution in [3.8, 4) is 40.1 Å². The van der Waals surface area contributed by atoms with Gasteiger partial charge >= 0.3 is 0 Å². The van der Waals surface area contributed by atoms with Crippen LogP contribution in [0.5, 0.6) is 23.0 Å². The van der Waals surface area contributed by atoms with Gasteiger partial charge in [-0.1, -0.05) is 25.9 Å². The summed E-state index contributed by atoms with van der Waals surface area (Å²) in [6.07, 6.45) is 0.406. The number of phenolic OH excluding ortho intramolecular Hbond substituents is 2. The molecule has 1 heterocycles. The van der Waals surface area contributed by atoms with E-state index in [2.05, 4.69) is 15.4 Å². The van der Waals surface area contributed by atoms with Crippen molar-refractivity contribution in [3.05, 3.63) is 82.5 Å². The summed E-state index contributed by atoms with van der Waals surface area (Å²) in [6.45, 7) is 5.67. The van der Waals surface area contributed by atoms with Gasteiger partial charge in [0.1, 0.15) is 23.0 Å². The topological polar surface area (TPSA) is 153 Å². The molecule has 4 N–H and O–H groups in total. The first-order valence-electron chi connectivity index (χ1n) is 11.8. The Balaban J connectivity index is 1.76. The SMILES string of the molecule is CCC(N=O)c1nnc(-c2cc(C(C)C)c(O)cc2O)n1-c1ccc(Oc2ccc(C(N)=O)cc2)cc1. The Bertz CT molecular complexity index is 1430. The number of rotatable bonds is 9. The van der Waals surface area contributed by atoms with E-state index in [0.717, 1.165) is 0 Å². The van der Waals surface area contributed by atoms with Crippen molar-refractivity contribution in [2.45, 2.75) is 39.2 Å². The zero-order valence-electron chi connectivity index (χ0n) is 20.6. The zero-order valence-corrected chi connectivity index (χ0v) is 20.6. The van der Waals surface area contributed by atoms with Crippen LogP contribution in [0.25, 0.3) is 17.1 Å². The summed E-state index contributed by atoms with van der Waals surface area (Å²) < 4.78 is 7.53. The molecular weight excluding hydrogens is 474 g/mol. The molecule has 4 aromatic rings. The van der Waals surface area contributed by atoms with Crippen molar-refractivity contribution in [2.24, 2.45) is 10.9 Å². The number of ether oxygens (including phenoxy) is 1. The molecule has 3 aromatic carbocycles. The molecule has 1 atom stereocenters. The van der Waals surface area contributed by atoms with Crippen molar-refractivity contribution in [3.63, 3.8) is 0 Å². The van der Waals surface area contributed by atoms with E-state index in [0.29, 0.717) is 51.9 Å². The smallest absolute Gasteiger partial charge is 0.248 e. The van der Waals surface area contributed by atoms with E-state index >= 15 is 0 Å². The first-order valence-corrected chi connectivity index (χ1v) is 11.8. The maximum atomic E-state index is 11.6. The molecule has 0 saturated heterocycles. The number of amides is 1. The Hall–Kier alpha value is -4.73. The average Bonchev–Trinajstić information content (AvgIpc) is 3.30. The van der Waals surface area contributed by atoms with Crippen LogP contribution >= 0.6 is 0 Å². The summed E-state index contributed by atoms with van der Waals surface area (Å²) in [7, 11) is 0. The lowest BCUT2D eigenvalue weighted by atomic mass is 9.98. The number of nitroso groups, excluding NO2 is 1. The number of hydrogen-bond acceptors (Lipinski definition) is 8. The number of aromatic nitrogens is 3. The predicted octanol–water partition coefficient (Wildman–Crippen LogP) is 5.58. The van der Waals surface area contributed by atoms with Gasteiger partial charge in [-0.3, -0.25) is 9.36 Å². The summed E-state index contributed by atoms with van der Waals surface area (Å²) in [5, 5.41) is 32.7. The number of primary amides is 1. The van der Waals surface area contributed by atoms with Crippen LogP contribution in [-0.2, 0) is 0 Å². The maximum Gasteiger partial charge on any atom is 0.248 e. The molecule has 0 saturated carbocycles. The van der Waals surface area contributed by atoms with Crippen molar-refractivity contribution in [1.29, 1.82) is 0 Å². The summed E-state index contributed by atoms with van der Waals surface area (Å²) in [5.74, 6) is 0.948. The molecule has 1 unspecified atom stereocenters. The fraction of sp³-hybridized carbons (Fsp3) is 0.222. The monoisotopic (exact) mass is 501 g/mol. The molecule has 0 aliphatic rings. The van der Waals surface area contributed by atoms with E-state index in [1.165, 1.54) is 6.07 Å². The normalized spacial score (nSPS) is 11.9. The molecule has 10 nitrogen and oxygen atoms in total. The first-order chi connectivity index (χ1) is 17.7.